The minimum atomic E-state index is 0. The minimum Gasteiger partial charge on any atom is -0.313 e. The van der Waals surface area contributed by atoms with E-state index < -0.39 is 0 Å². The second kappa shape index (κ2) is 9.84. The van der Waals surface area contributed by atoms with Crippen LogP contribution in [-0.4, -0.2) is 51.6 Å². The fraction of sp³-hybridized carbons (Fsp3) is 0.833. The zero-order valence-electron chi connectivity index (χ0n) is 12.3. The zero-order valence-corrected chi connectivity index (χ0v) is 14.8. The topological polar surface area (TPSA) is 46.0 Å². The number of nitrogens with one attached hydrogen (secondary N) is 1. The molecule has 1 N–H and O–H groups in total. The summed E-state index contributed by atoms with van der Waals surface area (Å²) in [7, 11) is 3.97. The normalized spacial score (nSPS) is 18.6. The molecule has 0 spiro atoms. The first-order chi connectivity index (χ1) is 8.76. The highest BCUT2D eigenvalue weighted by molar-refractivity contribution is 7.99. The Labute approximate surface area is 138 Å². The van der Waals surface area contributed by atoms with E-state index >= 15 is 0 Å². The van der Waals surface area contributed by atoms with E-state index in [-0.39, 0.29) is 24.8 Å². The van der Waals surface area contributed by atoms with Gasteiger partial charge in [0.25, 0.3) is 0 Å². The van der Waals surface area contributed by atoms with Crippen LogP contribution in [0.3, 0.4) is 0 Å². The summed E-state index contributed by atoms with van der Waals surface area (Å²) in [6.45, 7) is 5.44. The third-order valence-electron chi connectivity index (χ3n) is 3.57. The van der Waals surface area contributed by atoms with Gasteiger partial charge in [0.1, 0.15) is 5.82 Å². The lowest BCUT2D eigenvalue weighted by Gasteiger charge is -2.21. The molecule has 0 radical (unpaired) electrons. The molecule has 1 aromatic rings. The smallest absolute Gasteiger partial charge is 0.191 e. The van der Waals surface area contributed by atoms with Gasteiger partial charge < -0.3 is 9.88 Å². The molecule has 1 atom stereocenters. The Hall–Kier alpha value is -0.0100. The van der Waals surface area contributed by atoms with Gasteiger partial charge >= 0.3 is 0 Å². The molecular weight excluding hydrogens is 317 g/mol. The van der Waals surface area contributed by atoms with Crippen LogP contribution >= 0.6 is 36.6 Å². The molecule has 1 unspecified atom stereocenters. The molecule has 0 saturated carbocycles. The maximum atomic E-state index is 4.26. The number of thioether (sulfide) groups is 1. The van der Waals surface area contributed by atoms with Crippen LogP contribution in [0, 0.1) is 0 Å². The van der Waals surface area contributed by atoms with Crippen molar-refractivity contribution in [2.75, 3.05) is 25.9 Å². The van der Waals surface area contributed by atoms with Gasteiger partial charge in [-0.2, -0.15) is 0 Å². The van der Waals surface area contributed by atoms with Crippen LogP contribution in [0.2, 0.25) is 0 Å². The second-order valence-electron chi connectivity index (χ2n) is 4.72. The molecule has 20 heavy (non-hydrogen) atoms. The average molecular weight is 342 g/mol. The van der Waals surface area contributed by atoms with Gasteiger partial charge in [-0.15, -0.1) is 35.0 Å². The highest BCUT2D eigenvalue weighted by atomic mass is 35.5. The summed E-state index contributed by atoms with van der Waals surface area (Å²) in [6.07, 6.45) is 2.66. The largest absolute Gasteiger partial charge is 0.313 e. The zero-order chi connectivity index (χ0) is 13.0. The van der Waals surface area contributed by atoms with Gasteiger partial charge in [-0.05, 0) is 33.0 Å². The Balaban J connectivity index is 0.00000180. The molecule has 5 nitrogen and oxygen atoms in total. The van der Waals surface area contributed by atoms with Crippen LogP contribution in [0.25, 0.3) is 0 Å². The summed E-state index contributed by atoms with van der Waals surface area (Å²) >= 11 is 1.83. The summed E-state index contributed by atoms with van der Waals surface area (Å²) in [4.78, 5) is 2.57. The van der Waals surface area contributed by atoms with Gasteiger partial charge in [-0.1, -0.05) is 18.7 Å². The fourth-order valence-electron chi connectivity index (χ4n) is 2.45. The molecule has 1 aliphatic rings. The van der Waals surface area contributed by atoms with Gasteiger partial charge in [0.05, 0.1) is 6.54 Å². The van der Waals surface area contributed by atoms with E-state index in [1.807, 2.05) is 25.9 Å². The summed E-state index contributed by atoms with van der Waals surface area (Å²) in [6, 6.07) is 0.712. The fourth-order valence-corrected chi connectivity index (χ4v) is 3.57. The van der Waals surface area contributed by atoms with Crippen LogP contribution < -0.4 is 5.32 Å². The van der Waals surface area contributed by atoms with Crippen molar-refractivity contribution in [3.05, 3.63) is 5.82 Å². The first-order valence-corrected chi connectivity index (χ1v) is 7.64. The number of aromatic nitrogens is 3. The highest BCUT2D eigenvalue weighted by Crippen LogP contribution is 2.24. The molecule has 8 heteroatoms. The Bertz CT molecular complexity index is 388. The summed E-state index contributed by atoms with van der Waals surface area (Å²) in [5.41, 5.74) is 0. The summed E-state index contributed by atoms with van der Waals surface area (Å²) < 4.78 is 2.09. The third kappa shape index (κ3) is 4.77. The highest BCUT2D eigenvalue weighted by Gasteiger charge is 2.23. The van der Waals surface area contributed by atoms with E-state index in [1.165, 1.54) is 19.4 Å². The molecule has 0 aliphatic carbocycles. The number of rotatable bonds is 6. The quantitative estimate of drug-likeness (QED) is 0.801. The van der Waals surface area contributed by atoms with Crippen LogP contribution in [0.4, 0.5) is 0 Å². The Morgan fingerprint density at radius 1 is 1.35 bits per heavy atom. The van der Waals surface area contributed by atoms with Gasteiger partial charge in [0, 0.05) is 18.8 Å². The minimum absolute atomic E-state index is 0. The molecule has 1 aliphatic heterocycles. The SMILES string of the molecule is CCN1CCCC1CSc1nnc(CNC)n1C.Cl.Cl. The first kappa shape index (κ1) is 20.0. The third-order valence-corrected chi connectivity index (χ3v) is 4.74. The summed E-state index contributed by atoms with van der Waals surface area (Å²) in [5.74, 6) is 2.12. The predicted octanol–water partition coefficient (Wildman–Crippen LogP) is 1.95. The van der Waals surface area contributed by atoms with Crippen molar-refractivity contribution < 1.29 is 0 Å². The molecule has 2 rings (SSSR count). The number of halogens is 2. The molecular formula is C12H25Cl2N5S. The van der Waals surface area contributed by atoms with E-state index in [0.717, 1.165) is 29.8 Å². The van der Waals surface area contributed by atoms with Crippen molar-refractivity contribution in [2.24, 2.45) is 7.05 Å². The number of nitrogens with zero attached hydrogens (tertiary/aromatic N) is 4. The number of hydrogen-bond acceptors (Lipinski definition) is 5. The van der Waals surface area contributed by atoms with Crippen LogP contribution in [0.15, 0.2) is 5.16 Å². The molecule has 118 valence electrons. The van der Waals surface area contributed by atoms with Gasteiger partial charge in [-0.3, -0.25) is 4.90 Å². The van der Waals surface area contributed by atoms with E-state index in [4.69, 9.17) is 0 Å². The van der Waals surface area contributed by atoms with Crippen LogP contribution in [0.1, 0.15) is 25.6 Å². The van der Waals surface area contributed by atoms with E-state index in [9.17, 15) is 0 Å². The summed E-state index contributed by atoms with van der Waals surface area (Å²) in [5, 5.41) is 12.6. The van der Waals surface area contributed by atoms with Crippen LogP contribution in [0.5, 0.6) is 0 Å². The average Bonchev–Trinajstić information content (AvgIpc) is 2.96. The van der Waals surface area contributed by atoms with Gasteiger partial charge in [0.2, 0.25) is 0 Å². The maximum absolute atomic E-state index is 4.26. The lowest BCUT2D eigenvalue weighted by molar-refractivity contribution is 0.287. The van der Waals surface area contributed by atoms with Crippen molar-refractivity contribution in [3.8, 4) is 0 Å². The second-order valence-corrected chi connectivity index (χ2v) is 5.71. The monoisotopic (exact) mass is 341 g/mol. The van der Waals surface area contributed by atoms with Crippen molar-refractivity contribution in [2.45, 2.75) is 37.5 Å². The molecule has 1 fully saturated rings. The lowest BCUT2D eigenvalue weighted by Crippen LogP contribution is -2.30. The Morgan fingerprint density at radius 2 is 2.10 bits per heavy atom. The van der Waals surface area contributed by atoms with Crippen molar-refractivity contribution in [1.82, 2.24) is 25.0 Å². The molecule has 0 amide bonds. The van der Waals surface area contributed by atoms with E-state index in [1.54, 1.807) is 0 Å². The Kier molecular flexibility index (Phi) is 9.84. The molecule has 1 aromatic heterocycles. The standard InChI is InChI=1S/C12H23N5S.2ClH/c1-4-17-7-5-6-10(17)9-18-12-15-14-11(8-13-2)16(12)3;;/h10,13H,4-9H2,1-3H3;2*1H. The number of hydrogen-bond donors (Lipinski definition) is 1. The van der Waals surface area contributed by atoms with E-state index in [0.29, 0.717) is 6.04 Å². The van der Waals surface area contributed by atoms with Gasteiger partial charge in [0.15, 0.2) is 5.16 Å². The maximum Gasteiger partial charge on any atom is 0.191 e. The molecule has 0 aromatic carbocycles. The van der Waals surface area contributed by atoms with Gasteiger partial charge in [-0.25, -0.2) is 0 Å². The van der Waals surface area contributed by atoms with Crippen LogP contribution in [-0.2, 0) is 13.6 Å². The van der Waals surface area contributed by atoms with Crippen molar-refractivity contribution >= 4 is 36.6 Å². The molecule has 2 heterocycles. The number of likely N-dealkylation sites (tertiary alicyclic amines) is 1. The molecule has 0 bridgehead atoms. The Morgan fingerprint density at radius 3 is 2.75 bits per heavy atom. The molecule has 1 saturated heterocycles. The van der Waals surface area contributed by atoms with Crippen molar-refractivity contribution in [1.29, 1.82) is 0 Å². The first-order valence-electron chi connectivity index (χ1n) is 6.66. The van der Waals surface area contributed by atoms with E-state index in [2.05, 4.69) is 31.9 Å². The lowest BCUT2D eigenvalue weighted by atomic mass is 10.2. The van der Waals surface area contributed by atoms with Crippen molar-refractivity contribution in [3.63, 3.8) is 0 Å². The predicted molar refractivity (Wildman–Crippen MR) is 89.3 cm³/mol.